The Labute approximate surface area is 129 Å². The number of rotatable bonds is 5. The molecule has 1 N–H and O–H groups in total. The molecule has 3 nitrogen and oxygen atoms in total. The largest absolute Gasteiger partial charge is 0.371 e. The molecule has 1 saturated carbocycles. The van der Waals surface area contributed by atoms with Crippen molar-refractivity contribution in [3.8, 4) is 0 Å². The van der Waals surface area contributed by atoms with Gasteiger partial charge in [-0.1, -0.05) is 30.3 Å². The van der Waals surface area contributed by atoms with Gasteiger partial charge in [-0.25, -0.2) is 0 Å². The molecule has 1 heterocycles. The molecule has 1 amide bonds. The number of benzene rings is 1. The molecule has 0 spiro atoms. The van der Waals surface area contributed by atoms with Crippen LogP contribution in [0, 0.1) is 0 Å². The average Bonchev–Trinajstić information content (AvgIpc) is 3.18. The quantitative estimate of drug-likeness (QED) is 0.916. The highest BCUT2D eigenvalue weighted by molar-refractivity contribution is 7.08. The third-order valence-corrected chi connectivity index (χ3v) is 4.54. The Balaban J connectivity index is 1.54. The summed E-state index contributed by atoms with van der Waals surface area (Å²) in [6.07, 6.45) is 3.23. The molecule has 2 aromatic rings. The lowest BCUT2D eigenvalue weighted by atomic mass is 10.2. The van der Waals surface area contributed by atoms with E-state index in [4.69, 9.17) is 4.74 Å². The number of ether oxygens (including phenoxy) is 1. The maximum absolute atomic E-state index is 12.1. The summed E-state index contributed by atoms with van der Waals surface area (Å²) in [4.78, 5) is 12.1. The first-order valence-electron chi connectivity index (χ1n) is 7.31. The monoisotopic (exact) mass is 301 g/mol. The molecule has 0 radical (unpaired) electrons. The first kappa shape index (κ1) is 14.3. The van der Waals surface area contributed by atoms with Gasteiger partial charge in [-0.15, -0.1) is 0 Å². The van der Waals surface area contributed by atoms with E-state index in [1.165, 1.54) is 5.56 Å². The van der Waals surface area contributed by atoms with Crippen molar-refractivity contribution < 1.29 is 9.53 Å². The van der Waals surface area contributed by atoms with E-state index < -0.39 is 0 Å². The fourth-order valence-electron chi connectivity index (χ4n) is 2.71. The lowest BCUT2D eigenvalue weighted by Gasteiger charge is -2.21. The van der Waals surface area contributed by atoms with Crippen LogP contribution in [0.25, 0.3) is 0 Å². The van der Waals surface area contributed by atoms with Crippen LogP contribution in [0.15, 0.2) is 47.2 Å². The molecule has 1 aromatic heterocycles. The Morgan fingerprint density at radius 1 is 1.24 bits per heavy atom. The van der Waals surface area contributed by atoms with E-state index in [2.05, 4.69) is 17.4 Å². The van der Waals surface area contributed by atoms with E-state index in [9.17, 15) is 4.79 Å². The maximum Gasteiger partial charge on any atom is 0.252 e. The number of amides is 1. The van der Waals surface area contributed by atoms with Gasteiger partial charge in [-0.3, -0.25) is 4.79 Å². The van der Waals surface area contributed by atoms with E-state index in [0.29, 0.717) is 6.61 Å². The number of carbonyl (C=O) groups excluding carboxylic acids is 1. The van der Waals surface area contributed by atoms with E-state index in [0.717, 1.165) is 24.8 Å². The van der Waals surface area contributed by atoms with Gasteiger partial charge < -0.3 is 10.1 Å². The van der Waals surface area contributed by atoms with E-state index in [1.807, 2.05) is 35.0 Å². The first-order chi connectivity index (χ1) is 10.3. The van der Waals surface area contributed by atoms with E-state index in [1.54, 1.807) is 11.3 Å². The smallest absolute Gasteiger partial charge is 0.252 e. The summed E-state index contributed by atoms with van der Waals surface area (Å²) in [5.74, 6) is 0.0106. The topological polar surface area (TPSA) is 38.3 Å². The molecule has 1 aromatic carbocycles. The van der Waals surface area contributed by atoms with Crippen LogP contribution in [0.4, 0.5) is 0 Å². The molecule has 1 fully saturated rings. The van der Waals surface area contributed by atoms with Crippen LogP contribution in [0.1, 0.15) is 35.2 Å². The third kappa shape index (κ3) is 3.71. The van der Waals surface area contributed by atoms with Crippen molar-refractivity contribution in [1.82, 2.24) is 5.32 Å². The summed E-state index contributed by atoms with van der Waals surface area (Å²) >= 11 is 1.54. The Morgan fingerprint density at radius 2 is 2.10 bits per heavy atom. The Hall–Kier alpha value is -1.65. The minimum absolute atomic E-state index is 0.0106. The van der Waals surface area contributed by atoms with Gasteiger partial charge in [0.2, 0.25) is 0 Å². The average molecular weight is 301 g/mol. The SMILES string of the molecule is O=C(NC1CCCC1OCc1ccccc1)c1ccsc1. The fourth-order valence-corrected chi connectivity index (χ4v) is 3.35. The van der Waals surface area contributed by atoms with Crippen LogP contribution in [-0.4, -0.2) is 18.1 Å². The van der Waals surface area contributed by atoms with Crippen molar-refractivity contribution >= 4 is 17.2 Å². The highest BCUT2D eigenvalue weighted by Crippen LogP contribution is 2.24. The van der Waals surface area contributed by atoms with Crippen LogP contribution in [-0.2, 0) is 11.3 Å². The Bertz CT molecular complexity index is 568. The minimum atomic E-state index is 0.0106. The highest BCUT2D eigenvalue weighted by Gasteiger charge is 2.29. The number of thiophene rings is 1. The highest BCUT2D eigenvalue weighted by atomic mass is 32.1. The second-order valence-corrected chi connectivity index (χ2v) is 6.14. The molecular weight excluding hydrogens is 282 g/mol. The van der Waals surface area contributed by atoms with Gasteiger partial charge in [0.15, 0.2) is 0 Å². The van der Waals surface area contributed by atoms with Gasteiger partial charge in [0.05, 0.1) is 18.8 Å². The second-order valence-electron chi connectivity index (χ2n) is 5.36. The van der Waals surface area contributed by atoms with E-state index in [-0.39, 0.29) is 18.1 Å². The Kier molecular flexibility index (Phi) is 4.68. The van der Waals surface area contributed by atoms with Crippen molar-refractivity contribution in [2.75, 3.05) is 0 Å². The molecule has 2 unspecified atom stereocenters. The fraction of sp³-hybridized carbons (Fsp3) is 0.353. The molecule has 0 aliphatic heterocycles. The summed E-state index contributed by atoms with van der Waals surface area (Å²) in [7, 11) is 0. The maximum atomic E-state index is 12.1. The number of hydrogen-bond acceptors (Lipinski definition) is 3. The zero-order valence-electron chi connectivity index (χ0n) is 11.8. The molecule has 3 rings (SSSR count). The third-order valence-electron chi connectivity index (χ3n) is 3.86. The standard InChI is InChI=1S/C17H19NO2S/c19-17(14-9-10-21-12-14)18-15-7-4-8-16(15)20-11-13-5-2-1-3-6-13/h1-3,5-6,9-10,12,15-16H,4,7-8,11H2,(H,18,19). The normalized spacial score (nSPS) is 21.3. The van der Waals surface area contributed by atoms with Crippen LogP contribution in [0.5, 0.6) is 0 Å². The van der Waals surface area contributed by atoms with Crippen molar-refractivity contribution in [2.24, 2.45) is 0 Å². The number of carbonyl (C=O) groups is 1. The zero-order valence-corrected chi connectivity index (χ0v) is 12.6. The first-order valence-corrected chi connectivity index (χ1v) is 8.26. The number of hydrogen-bond donors (Lipinski definition) is 1. The van der Waals surface area contributed by atoms with Crippen molar-refractivity contribution in [2.45, 2.75) is 38.0 Å². The lowest BCUT2D eigenvalue weighted by Crippen LogP contribution is -2.40. The molecule has 1 aliphatic carbocycles. The molecule has 0 saturated heterocycles. The van der Waals surface area contributed by atoms with Gasteiger partial charge in [0.1, 0.15) is 0 Å². The van der Waals surface area contributed by atoms with E-state index >= 15 is 0 Å². The Morgan fingerprint density at radius 3 is 2.86 bits per heavy atom. The van der Waals surface area contributed by atoms with Crippen LogP contribution in [0.2, 0.25) is 0 Å². The zero-order chi connectivity index (χ0) is 14.5. The minimum Gasteiger partial charge on any atom is -0.371 e. The summed E-state index contributed by atoms with van der Waals surface area (Å²) in [6.45, 7) is 0.607. The van der Waals surface area contributed by atoms with Gasteiger partial charge in [-0.2, -0.15) is 11.3 Å². The molecule has 21 heavy (non-hydrogen) atoms. The van der Waals surface area contributed by atoms with Gasteiger partial charge >= 0.3 is 0 Å². The lowest BCUT2D eigenvalue weighted by molar-refractivity contribution is 0.0272. The van der Waals surface area contributed by atoms with Gasteiger partial charge in [0.25, 0.3) is 5.91 Å². The van der Waals surface area contributed by atoms with Crippen molar-refractivity contribution in [1.29, 1.82) is 0 Å². The molecule has 4 heteroatoms. The van der Waals surface area contributed by atoms with Crippen molar-refractivity contribution in [3.05, 3.63) is 58.3 Å². The van der Waals surface area contributed by atoms with Crippen molar-refractivity contribution in [3.63, 3.8) is 0 Å². The summed E-state index contributed by atoms with van der Waals surface area (Å²) in [5, 5.41) is 6.91. The molecule has 0 bridgehead atoms. The molecule has 1 aliphatic rings. The summed E-state index contributed by atoms with van der Waals surface area (Å²) in [6, 6.07) is 12.1. The second kappa shape index (κ2) is 6.87. The summed E-state index contributed by atoms with van der Waals surface area (Å²) in [5.41, 5.74) is 1.92. The van der Waals surface area contributed by atoms with Gasteiger partial charge in [0, 0.05) is 10.9 Å². The molecule has 2 atom stereocenters. The van der Waals surface area contributed by atoms with Crippen LogP contribution < -0.4 is 5.32 Å². The van der Waals surface area contributed by atoms with Gasteiger partial charge in [-0.05, 0) is 36.3 Å². The molecule has 110 valence electrons. The predicted octanol–water partition coefficient (Wildman–Crippen LogP) is 3.62. The van der Waals surface area contributed by atoms with Crippen LogP contribution in [0.3, 0.4) is 0 Å². The summed E-state index contributed by atoms with van der Waals surface area (Å²) < 4.78 is 6.01. The molecular formula is C17H19NO2S. The predicted molar refractivity (Wildman–Crippen MR) is 84.4 cm³/mol. The van der Waals surface area contributed by atoms with Crippen LogP contribution >= 0.6 is 11.3 Å². The number of nitrogens with one attached hydrogen (secondary N) is 1.